The number of anilines is 2. The van der Waals surface area contributed by atoms with Crippen molar-refractivity contribution in [3.8, 4) is 0 Å². The van der Waals surface area contributed by atoms with Gasteiger partial charge in [-0.05, 0) is 31.2 Å². The van der Waals surface area contributed by atoms with E-state index in [1.54, 1.807) is 13.1 Å². The fraction of sp³-hybridized carbons (Fsp3) is 0.308. The van der Waals surface area contributed by atoms with Gasteiger partial charge in [-0.15, -0.1) is 0 Å². The largest absolute Gasteiger partial charge is 0.397 e. The molecule has 0 aliphatic heterocycles. The Balaban J connectivity index is 2.27. The third-order valence-corrected chi connectivity index (χ3v) is 2.83. The van der Waals surface area contributed by atoms with Crippen molar-refractivity contribution in [1.29, 1.82) is 0 Å². The van der Waals surface area contributed by atoms with Gasteiger partial charge in [0.25, 0.3) is 0 Å². The number of nitrogens with zero attached hydrogens (tertiary/aromatic N) is 1. The summed E-state index contributed by atoms with van der Waals surface area (Å²) in [5.41, 5.74) is 7.02. The molecule has 2 rings (SSSR count). The smallest absolute Gasteiger partial charge is 0.102 e. The summed E-state index contributed by atoms with van der Waals surface area (Å²) in [7, 11) is 0. The zero-order valence-electron chi connectivity index (χ0n) is 10.2. The number of fused-ring (bicyclic) bond motifs is 1. The fourth-order valence-electron chi connectivity index (χ4n) is 1.67. The zero-order valence-corrected chi connectivity index (χ0v) is 10.2. The van der Waals surface area contributed by atoms with E-state index in [0.29, 0.717) is 5.69 Å². The SMILES string of the molecule is CC(O)(CO)CNc1ccc2ncccc2c1N. The van der Waals surface area contributed by atoms with E-state index in [1.807, 2.05) is 24.3 Å². The van der Waals surface area contributed by atoms with Gasteiger partial charge in [-0.25, -0.2) is 0 Å². The lowest BCUT2D eigenvalue weighted by Gasteiger charge is -2.22. The standard InChI is InChI=1S/C13H17N3O2/c1-13(18,8-17)7-16-11-5-4-10-9(12(11)14)3-2-6-15-10/h2-6,16-18H,7-8,14H2,1H3. The molecule has 0 saturated carbocycles. The van der Waals surface area contributed by atoms with Crippen molar-refractivity contribution in [2.45, 2.75) is 12.5 Å². The summed E-state index contributed by atoms with van der Waals surface area (Å²) in [4.78, 5) is 4.21. The number of nitrogen functional groups attached to an aromatic ring is 1. The molecule has 1 aromatic carbocycles. The molecular formula is C13H17N3O2. The Kier molecular flexibility index (Phi) is 3.36. The van der Waals surface area contributed by atoms with Crippen molar-refractivity contribution in [1.82, 2.24) is 4.98 Å². The molecule has 1 aromatic heterocycles. The van der Waals surface area contributed by atoms with E-state index in [-0.39, 0.29) is 13.2 Å². The van der Waals surface area contributed by atoms with Crippen LogP contribution in [0.15, 0.2) is 30.5 Å². The van der Waals surface area contributed by atoms with Gasteiger partial charge in [-0.1, -0.05) is 0 Å². The number of rotatable bonds is 4. The van der Waals surface area contributed by atoms with Gasteiger partial charge < -0.3 is 21.3 Å². The van der Waals surface area contributed by atoms with Crippen LogP contribution in [0.2, 0.25) is 0 Å². The van der Waals surface area contributed by atoms with Crippen LogP contribution < -0.4 is 11.1 Å². The topological polar surface area (TPSA) is 91.4 Å². The average molecular weight is 247 g/mol. The van der Waals surface area contributed by atoms with E-state index < -0.39 is 5.60 Å². The predicted octanol–water partition coefficient (Wildman–Crippen LogP) is 0.972. The summed E-state index contributed by atoms with van der Waals surface area (Å²) in [5, 5.41) is 22.6. The Labute approximate surface area is 105 Å². The quantitative estimate of drug-likeness (QED) is 0.604. The minimum Gasteiger partial charge on any atom is -0.397 e. The first-order valence-electron chi connectivity index (χ1n) is 5.74. The lowest BCUT2D eigenvalue weighted by Crippen LogP contribution is -2.37. The van der Waals surface area contributed by atoms with Gasteiger partial charge in [0.05, 0.1) is 23.5 Å². The Morgan fingerprint density at radius 1 is 1.39 bits per heavy atom. The number of hydrogen-bond acceptors (Lipinski definition) is 5. The van der Waals surface area contributed by atoms with E-state index >= 15 is 0 Å². The highest BCUT2D eigenvalue weighted by molar-refractivity contribution is 5.96. The second kappa shape index (κ2) is 4.80. The number of aliphatic hydroxyl groups is 2. The van der Waals surface area contributed by atoms with Crippen LogP contribution in [0.25, 0.3) is 10.9 Å². The Hall–Kier alpha value is -1.85. The van der Waals surface area contributed by atoms with Crippen molar-refractivity contribution in [2.24, 2.45) is 0 Å². The lowest BCUT2D eigenvalue weighted by molar-refractivity contribution is 0.0132. The molecule has 1 unspecified atom stereocenters. The maximum atomic E-state index is 9.72. The molecule has 0 spiro atoms. The van der Waals surface area contributed by atoms with Gasteiger partial charge in [0.15, 0.2) is 0 Å². The highest BCUT2D eigenvalue weighted by Crippen LogP contribution is 2.27. The monoisotopic (exact) mass is 247 g/mol. The van der Waals surface area contributed by atoms with Crippen molar-refractivity contribution >= 4 is 22.3 Å². The van der Waals surface area contributed by atoms with Gasteiger partial charge in [0.2, 0.25) is 0 Å². The molecule has 0 aliphatic carbocycles. The number of nitrogens with two attached hydrogens (primary N) is 1. The number of pyridine rings is 1. The lowest BCUT2D eigenvalue weighted by atomic mass is 10.1. The first-order valence-corrected chi connectivity index (χ1v) is 5.74. The molecule has 96 valence electrons. The van der Waals surface area contributed by atoms with E-state index in [9.17, 15) is 5.11 Å². The molecule has 0 bridgehead atoms. The van der Waals surface area contributed by atoms with Crippen LogP contribution in [0.4, 0.5) is 11.4 Å². The van der Waals surface area contributed by atoms with Crippen molar-refractivity contribution in [3.63, 3.8) is 0 Å². The molecule has 18 heavy (non-hydrogen) atoms. The maximum absolute atomic E-state index is 9.72. The van der Waals surface area contributed by atoms with Gasteiger partial charge in [0.1, 0.15) is 5.60 Å². The summed E-state index contributed by atoms with van der Waals surface area (Å²) in [5.74, 6) is 0. The second-order valence-corrected chi connectivity index (χ2v) is 4.61. The summed E-state index contributed by atoms with van der Waals surface area (Å²) in [6, 6.07) is 7.40. The molecule has 0 fully saturated rings. The summed E-state index contributed by atoms with van der Waals surface area (Å²) in [6.07, 6.45) is 1.71. The molecular weight excluding hydrogens is 230 g/mol. The van der Waals surface area contributed by atoms with Gasteiger partial charge in [-0.2, -0.15) is 0 Å². The zero-order chi connectivity index (χ0) is 13.2. The summed E-state index contributed by atoms with van der Waals surface area (Å²) in [6.45, 7) is 1.47. The Morgan fingerprint density at radius 2 is 2.17 bits per heavy atom. The molecule has 0 radical (unpaired) electrons. The van der Waals surface area contributed by atoms with Crippen molar-refractivity contribution in [2.75, 3.05) is 24.2 Å². The van der Waals surface area contributed by atoms with Crippen LogP contribution in [0, 0.1) is 0 Å². The fourth-order valence-corrected chi connectivity index (χ4v) is 1.67. The van der Waals surface area contributed by atoms with E-state index in [0.717, 1.165) is 16.6 Å². The molecule has 5 heteroatoms. The molecule has 0 aliphatic rings. The molecule has 5 nitrogen and oxygen atoms in total. The highest BCUT2D eigenvalue weighted by Gasteiger charge is 2.19. The van der Waals surface area contributed by atoms with Crippen LogP contribution >= 0.6 is 0 Å². The maximum Gasteiger partial charge on any atom is 0.102 e. The minimum atomic E-state index is -1.17. The van der Waals surface area contributed by atoms with Crippen LogP contribution in [0.1, 0.15) is 6.92 Å². The third-order valence-electron chi connectivity index (χ3n) is 2.83. The van der Waals surface area contributed by atoms with Crippen LogP contribution in [0.5, 0.6) is 0 Å². The van der Waals surface area contributed by atoms with Gasteiger partial charge in [-0.3, -0.25) is 4.98 Å². The molecule has 5 N–H and O–H groups in total. The van der Waals surface area contributed by atoms with Crippen molar-refractivity contribution < 1.29 is 10.2 Å². The predicted molar refractivity (Wildman–Crippen MR) is 72.4 cm³/mol. The Morgan fingerprint density at radius 3 is 2.89 bits per heavy atom. The second-order valence-electron chi connectivity index (χ2n) is 4.61. The van der Waals surface area contributed by atoms with Gasteiger partial charge >= 0.3 is 0 Å². The molecule has 1 heterocycles. The van der Waals surface area contributed by atoms with Crippen LogP contribution in [-0.4, -0.2) is 33.9 Å². The Bertz CT molecular complexity index is 555. The number of aromatic nitrogens is 1. The van der Waals surface area contributed by atoms with E-state index in [2.05, 4.69) is 10.3 Å². The highest BCUT2D eigenvalue weighted by atomic mass is 16.3. The number of hydrogen-bond donors (Lipinski definition) is 4. The van der Waals surface area contributed by atoms with Crippen LogP contribution in [0.3, 0.4) is 0 Å². The van der Waals surface area contributed by atoms with Crippen molar-refractivity contribution in [3.05, 3.63) is 30.5 Å². The van der Waals surface area contributed by atoms with Crippen LogP contribution in [-0.2, 0) is 0 Å². The molecule has 0 saturated heterocycles. The first kappa shape index (κ1) is 12.6. The van der Waals surface area contributed by atoms with Gasteiger partial charge in [0, 0.05) is 18.1 Å². The number of benzene rings is 1. The average Bonchev–Trinajstić information content (AvgIpc) is 2.38. The minimum absolute atomic E-state index is 0.222. The first-order chi connectivity index (χ1) is 8.53. The number of nitrogens with one attached hydrogen (secondary N) is 1. The summed E-state index contributed by atoms with van der Waals surface area (Å²) >= 11 is 0. The molecule has 0 amide bonds. The molecule has 2 aromatic rings. The summed E-state index contributed by atoms with van der Waals surface area (Å²) < 4.78 is 0. The number of aliphatic hydroxyl groups excluding tert-OH is 1. The normalized spacial score (nSPS) is 14.4. The van der Waals surface area contributed by atoms with E-state index in [1.165, 1.54) is 0 Å². The van der Waals surface area contributed by atoms with E-state index in [4.69, 9.17) is 10.8 Å². The third kappa shape index (κ3) is 2.52. The molecule has 1 atom stereocenters.